The smallest absolute Gasteiger partial charge is 0.310 e. The first-order valence-electron chi connectivity index (χ1n) is 4.84. The number of nitrogens with zero attached hydrogens (tertiary/aromatic N) is 1. The molecule has 2 atom stereocenters. The molecule has 1 N–H and O–H groups in total. The number of carboxylic acids is 1. The van der Waals surface area contributed by atoms with Gasteiger partial charge in [0.2, 0.25) is 0 Å². The summed E-state index contributed by atoms with van der Waals surface area (Å²) in [5.41, 5.74) is 0. The molecule has 0 aromatic rings. The molecule has 0 fully saturated rings. The molecule has 1 aliphatic rings. The van der Waals surface area contributed by atoms with E-state index in [1.165, 1.54) is 0 Å². The van der Waals surface area contributed by atoms with Crippen molar-refractivity contribution in [2.75, 3.05) is 13.1 Å². The summed E-state index contributed by atoms with van der Waals surface area (Å²) in [6.07, 6.45) is 4.56. The summed E-state index contributed by atoms with van der Waals surface area (Å²) in [7, 11) is 0. The third kappa shape index (κ3) is 2.31. The summed E-state index contributed by atoms with van der Waals surface area (Å²) in [6.45, 7) is 6.17. The molecule has 13 heavy (non-hydrogen) atoms. The Kier molecular flexibility index (Phi) is 3.48. The number of hydrogen-bond acceptors (Lipinski definition) is 2. The second-order valence-corrected chi connectivity index (χ2v) is 3.35. The van der Waals surface area contributed by atoms with Crippen molar-refractivity contribution in [3.8, 4) is 0 Å². The van der Waals surface area contributed by atoms with E-state index in [0.717, 1.165) is 19.5 Å². The van der Waals surface area contributed by atoms with Crippen LogP contribution in [-0.4, -0.2) is 35.1 Å². The van der Waals surface area contributed by atoms with Gasteiger partial charge < -0.3 is 5.11 Å². The van der Waals surface area contributed by atoms with Crippen molar-refractivity contribution in [1.29, 1.82) is 0 Å². The van der Waals surface area contributed by atoms with Gasteiger partial charge >= 0.3 is 5.97 Å². The van der Waals surface area contributed by atoms with Crippen molar-refractivity contribution in [3.63, 3.8) is 0 Å². The van der Waals surface area contributed by atoms with Crippen LogP contribution in [0, 0.1) is 5.92 Å². The molecule has 0 amide bonds. The summed E-state index contributed by atoms with van der Waals surface area (Å²) >= 11 is 0. The predicted octanol–water partition coefficient (Wildman–Crippen LogP) is 1.36. The second-order valence-electron chi connectivity index (χ2n) is 3.35. The topological polar surface area (TPSA) is 40.5 Å². The van der Waals surface area contributed by atoms with Gasteiger partial charge in [0.25, 0.3) is 0 Å². The van der Waals surface area contributed by atoms with Crippen LogP contribution in [0.3, 0.4) is 0 Å². The van der Waals surface area contributed by atoms with Gasteiger partial charge in [-0.15, -0.1) is 0 Å². The number of likely N-dealkylation sites (N-methyl/N-ethyl adjacent to an activating group) is 1. The Hall–Kier alpha value is -0.830. The third-order valence-corrected chi connectivity index (χ3v) is 2.66. The van der Waals surface area contributed by atoms with E-state index < -0.39 is 5.97 Å². The highest BCUT2D eigenvalue weighted by Crippen LogP contribution is 2.22. The van der Waals surface area contributed by atoms with Gasteiger partial charge in [0.15, 0.2) is 0 Å². The van der Waals surface area contributed by atoms with E-state index in [1.54, 1.807) is 0 Å². The van der Waals surface area contributed by atoms with Crippen molar-refractivity contribution < 1.29 is 9.90 Å². The molecule has 0 saturated carbocycles. The van der Waals surface area contributed by atoms with Crippen molar-refractivity contribution in [1.82, 2.24) is 4.90 Å². The molecule has 0 saturated heterocycles. The summed E-state index contributed by atoms with van der Waals surface area (Å²) in [5, 5.41) is 8.79. The molecule has 2 unspecified atom stereocenters. The van der Waals surface area contributed by atoms with Crippen LogP contribution in [0.5, 0.6) is 0 Å². The summed E-state index contributed by atoms with van der Waals surface area (Å²) < 4.78 is 0. The average Bonchev–Trinajstić information content (AvgIpc) is 2.56. The molecule has 1 aliphatic carbocycles. The SMILES string of the molecule is CCN(CC)C1C=CC(C(=O)O)C1. The Bertz CT molecular complexity index is 209. The predicted molar refractivity (Wildman–Crippen MR) is 51.6 cm³/mol. The molecule has 1 rings (SSSR count). The zero-order chi connectivity index (χ0) is 9.84. The third-order valence-electron chi connectivity index (χ3n) is 2.66. The molecule has 3 heteroatoms. The standard InChI is InChI=1S/C10H17NO2/c1-3-11(4-2)9-6-5-8(7-9)10(12)13/h5-6,8-9H,3-4,7H2,1-2H3,(H,12,13). The number of carboxylic acid groups (broad SMARTS) is 1. The fraction of sp³-hybridized carbons (Fsp3) is 0.700. The molecule has 0 radical (unpaired) electrons. The van der Waals surface area contributed by atoms with Gasteiger partial charge in [0, 0.05) is 6.04 Å². The van der Waals surface area contributed by atoms with Crippen molar-refractivity contribution in [2.45, 2.75) is 26.3 Å². The van der Waals surface area contributed by atoms with E-state index in [2.05, 4.69) is 18.7 Å². The lowest BCUT2D eigenvalue weighted by atomic mass is 10.1. The Labute approximate surface area is 79.0 Å². The molecular weight excluding hydrogens is 166 g/mol. The lowest BCUT2D eigenvalue weighted by molar-refractivity contribution is -0.140. The van der Waals surface area contributed by atoms with E-state index >= 15 is 0 Å². The lowest BCUT2D eigenvalue weighted by Gasteiger charge is -2.24. The zero-order valence-electron chi connectivity index (χ0n) is 8.23. The number of hydrogen-bond donors (Lipinski definition) is 1. The maximum atomic E-state index is 10.7. The van der Waals surface area contributed by atoms with E-state index in [0.29, 0.717) is 6.04 Å². The molecule has 74 valence electrons. The number of aliphatic carboxylic acids is 1. The normalized spacial score (nSPS) is 27.0. The van der Waals surface area contributed by atoms with Crippen LogP contribution in [0.2, 0.25) is 0 Å². The highest BCUT2D eigenvalue weighted by atomic mass is 16.4. The van der Waals surface area contributed by atoms with Gasteiger partial charge in [-0.25, -0.2) is 0 Å². The van der Waals surface area contributed by atoms with E-state index in [9.17, 15) is 4.79 Å². The maximum Gasteiger partial charge on any atom is 0.310 e. The van der Waals surface area contributed by atoms with Gasteiger partial charge in [-0.3, -0.25) is 9.69 Å². The van der Waals surface area contributed by atoms with Gasteiger partial charge in [0.1, 0.15) is 0 Å². The minimum absolute atomic E-state index is 0.273. The van der Waals surface area contributed by atoms with Crippen LogP contribution in [0.25, 0.3) is 0 Å². The molecule has 0 heterocycles. The largest absolute Gasteiger partial charge is 0.481 e. The zero-order valence-corrected chi connectivity index (χ0v) is 8.23. The lowest BCUT2D eigenvalue weighted by Crippen LogP contribution is -2.33. The Morgan fingerprint density at radius 2 is 2.08 bits per heavy atom. The molecular formula is C10H17NO2. The fourth-order valence-electron chi connectivity index (χ4n) is 1.83. The Balaban J connectivity index is 2.50. The van der Waals surface area contributed by atoms with Crippen molar-refractivity contribution in [2.24, 2.45) is 5.92 Å². The van der Waals surface area contributed by atoms with Crippen LogP contribution in [-0.2, 0) is 4.79 Å². The molecule has 0 spiro atoms. The molecule has 3 nitrogen and oxygen atoms in total. The van der Waals surface area contributed by atoms with E-state index in [4.69, 9.17) is 5.11 Å². The summed E-state index contributed by atoms with van der Waals surface area (Å²) in [6, 6.07) is 0.330. The Morgan fingerprint density at radius 1 is 1.46 bits per heavy atom. The molecule has 0 aliphatic heterocycles. The quantitative estimate of drug-likeness (QED) is 0.669. The van der Waals surface area contributed by atoms with Crippen LogP contribution in [0.15, 0.2) is 12.2 Å². The van der Waals surface area contributed by atoms with Crippen LogP contribution in [0.4, 0.5) is 0 Å². The average molecular weight is 183 g/mol. The second kappa shape index (κ2) is 4.42. The van der Waals surface area contributed by atoms with Gasteiger partial charge in [-0.2, -0.15) is 0 Å². The summed E-state index contributed by atoms with van der Waals surface area (Å²) in [4.78, 5) is 13.0. The van der Waals surface area contributed by atoms with Crippen LogP contribution < -0.4 is 0 Å². The molecule has 0 aromatic heterocycles. The Morgan fingerprint density at radius 3 is 2.46 bits per heavy atom. The number of carbonyl (C=O) groups is 1. The highest BCUT2D eigenvalue weighted by Gasteiger charge is 2.26. The van der Waals surface area contributed by atoms with Gasteiger partial charge in [-0.05, 0) is 19.5 Å². The van der Waals surface area contributed by atoms with E-state index in [1.807, 2.05) is 12.2 Å². The van der Waals surface area contributed by atoms with Gasteiger partial charge in [-0.1, -0.05) is 26.0 Å². The van der Waals surface area contributed by atoms with Crippen molar-refractivity contribution in [3.05, 3.63) is 12.2 Å². The highest BCUT2D eigenvalue weighted by molar-refractivity contribution is 5.73. The first-order chi connectivity index (χ1) is 6.19. The van der Waals surface area contributed by atoms with E-state index in [-0.39, 0.29) is 5.92 Å². The minimum Gasteiger partial charge on any atom is -0.481 e. The maximum absolute atomic E-state index is 10.7. The summed E-state index contributed by atoms with van der Waals surface area (Å²) in [5.74, 6) is -0.975. The monoisotopic (exact) mass is 183 g/mol. The first kappa shape index (κ1) is 10.3. The van der Waals surface area contributed by atoms with Crippen LogP contribution in [0.1, 0.15) is 20.3 Å². The number of rotatable bonds is 4. The molecule has 0 aromatic carbocycles. The fourth-order valence-corrected chi connectivity index (χ4v) is 1.83. The molecule has 0 bridgehead atoms. The first-order valence-corrected chi connectivity index (χ1v) is 4.84. The van der Waals surface area contributed by atoms with Crippen molar-refractivity contribution >= 4 is 5.97 Å². The van der Waals surface area contributed by atoms with Crippen LogP contribution >= 0.6 is 0 Å². The minimum atomic E-state index is -0.703. The van der Waals surface area contributed by atoms with Gasteiger partial charge in [0.05, 0.1) is 5.92 Å².